The maximum atomic E-state index is 11.9. The molecule has 5 heteroatoms. The number of fused-ring (bicyclic) bond motifs is 1. The first-order valence-corrected chi connectivity index (χ1v) is 9.43. The van der Waals surface area contributed by atoms with Crippen LogP contribution in [0.2, 0.25) is 18.1 Å². The summed E-state index contributed by atoms with van der Waals surface area (Å²) in [6, 6.07) is -0.0413. The molecule has 2 rings (SSSR count). The summed E-state index contributed by atoms with van der Waals surface area (Å²) in [7, 11) is -1.84. The average molecular weight is 269 g/mol. The molecule has 102 valence electrons. The lowest BCUT2D eigenvalue weighted by molar-refractivity contribution is -0.185. The van der Waals surface area contributed by atoms with E-state index in [0.717, 1.165) is 0 Å². The van der Waals surface area contributed by atoms with Gasteiger partial charge in [0.15, 0.2) is 8.32 Å². The van der Waals surface area contributed by atoms with E-state index in [1.54, 1.807) is 0 Å². The number of hydrogen-bond acceptors (Lipinski definition) is 3. The Morgan fingerprint density at radius 1 is 1.44 bits per heavy atom. The van der Waals surface area contributed by atoms with Gasteiger partial charge in [0.05, 0.1) is 19.1 Å². The van der Waals surface area contributed by atoms with E-state index >= 15 is 0 Å². The first-order valence-electron chi connectivity index (χ1n) is 6.52. The molecule has 2 aliphatic heterocycles. The Kier molecular flexibility index (Phi) is 3.42. The minimum absolute atomic E-state index is 0.0352. The first-order chi connectivity index (χ1) is 8.22. The Morgan fingerprint density at radius 2 is 2.11 bits per heavy atom. The lowest BCUT2D eigenvalue weighted by Gasteiger charge is -2.39. The Hall–Kier alpha value is -0.653. The Bertz CT molecular complexity index is 373. The fourth-order valence-corrected chi connectivity index (χ4v) is 3.38. The SMILES string of the molecule is CC(C)(C)[Si](C)(C)O[C@H]1CC(=O)N2OCC=C[C@H]12. The Labute approximate surface area is 110 Å². The summed E-state index contributed by atoms with van der Waals surface area (Å²) in [5.74, 6) is 0.0352. The molecule has 0 aromatic rings. The van der Waals surface area contributed by atoms with Crippen molar-refractivity contribution in [2.24, 2.45) is 0 Å². The fourth-order valence-electron chi connectivity index (χ4n) is 2.05. The quantitative estimate of drug-likeness (QED) is 0.571. The number of carbonyl (C=O) groups excluding carboxylic acids is 1. The van der Waals surface area contributed by atoms with Crippen molar-refractivity contribution < 1.29 is 14.1 Å². The molecule has 0 N–H and O–H groups in total. The highest BCUT2D eigenvalue weighted by Crippen LogP contribution is 2.39. The molecular weight excluding hydrogens is 246 g/mol. The van der Waals surface area contributed by atoms with E-state index < -0.39 is 8.32 Å². The fraction of sp³-hybridized carbons (Fsp3) is 0.769. The van der Waals surface area contributed by atoms with Crippen molar-refractivity contribution in [1.82, 2.24) is 5.06 Å². The van der Waals surface area contributed by atoms with Gasteiger partial charge >= 0.3 is 0 Å². The molecule has 0 aliphatic carbocycles. The van der Waals surface area contributed by atoms with Crippen molar-refractivity contribution >= 4 is 14.2 Å². The number of rotatable bonds is 2. The van der Waals surface area contributed by atoms with Crippen molar-refractivity contribution in [3.8, 4) is 0 Å². The lowest BCUT2D eigenvalue weighted by atomic mass is 10.1. The molecule has 18 heavy (non-hydrogen) atoms. The van der Waals surface area contributed by atoms with Crippen LogP contribution in [-0.2, 0) is 14.1 Å². The second kappa shape index (κ2) is 4.47. The third-order valence-electron chi connectivity index (χ3n) is 4.17. The van der Waals surface area contributed by atoms with Crippen LogP contribution in [0.5, 0.6) is 0 Å². The average Bonchev–Trinajstić information content (AvgIpc) is 2.55. The van der Waals surface area contributed by atoms with E-state index in [2.05, 4.69) is 33.9 Å². The van der Waals surface area contributed by atoms with Crippen molar-refractivity contribution in [1.29, 1.82) is 0 Å². The highest BCUT2D eigenvalue weighted by atomic mass is 28.4. The van der Waals surface area contributed by atoms with Gasteiger partial charge in [-0.1, -0.05) is 32.9 Å². The summed E-state index contributed by atoms with van der Waals surface area (Å²) < 4.78 is 6.35. The topological polar surface area (TPSA) is 38.8 Å². The minimum Gasteiger partial charge on any atom is -0.411 e. The largest absolute Gasteiger partial charge is 0.411 e. The zero-order valence-corrected chi connectivity index (χ0v) is 12.9. The van der Waals surface area contributed by atoms with Gasteiger partial charge in [0.2, 0.25) is 5.91 Å². The second-order valence-electron chi connectivity index (χ2n) is 6.55. The summed E-state index contributed by atoms with van der Waals surface area (Å²) in [5, 5.41) is 1.64. The molecule has 2 aliphatic rings. The van der Waals surface area contributed by atoms with Crippen molar-refractivity contribution in [2.75, 3.05) is 6.61 Å². The van der Waals surface area contributed by atoms with Crippen LogP contribution in [0.1, 0.15) is 27.2 Å². The van der Waals surface area contributed by atoms with Crippen LogP contribution in [-0.4, -0.2) is 38.0 Å². The van der Waals surface area contributed by atoms with Gasteiger partial charge < -0.3 is 4.43 Å². The van der Waals surface area contributed by atoms with Gasteiger partial charge in [-0.15, -0.1) is 0 Å². The van der Waals surface area contributed by atoms with Gasteiger partial charge in [0, 0.05) is 0 Å². The third-order valence-corrected chi connectivity index (χ3v) is 8.67. The molecule has 1 fully saturated rings. The first kappa shape index (κ1) is 13.8. The van der Waals surface area contributed by atoms with Gasteiger partial charge in [-0.25, -0.2) is 5.06 Å². The molecule has 0 aromatic carbocycles. The van der Waals surface area contributed by atoms with Crippen LogP contribution in [0.15, 0.2) is 12.2 Å². The molecule has 0 bridgehead atoms. The Morgan fingerprint density at radius 3 is 2.72 bits per heavy atom. The Balaban J connectivity index is 2.13. The van der Waals surface area contributed by atoms with Crippen LogP contribution in [0.25, 0.3) is 0 Å². The predicted octanol–water partition coefficient (Wildman–Crippen LogP) is 2.48. The lowest BCUT2D eigenvalue weighted by Crippen LogP contribution is -2.47. The smallest absolute Gasteiger partial charge is 0.249 e. The van der Waals surface area contributed by atoms with Gasteiger partial charge in [0.25, 0.3) is 0 Å². The van der Waals surface area contributed by atoms with Crippen molar-refractivity contribution in [3.63, 3.8) is 0 Å². The molecule has 0 aromatic heterocycles. The summed E-state index contributed by atoms with van der Waals surface area (Å²) in [6.07, 6.45) is 4.37. The van der Waals surface area contributed by atoms with E-state index in [1.807, 2.05) is 12.2 Å². The zero-order chi connectivity index (χ0) is 13.6. The van der Waals surface area contributed by atoms with E-state index in [1.165, 1.54) is 5.06 Å². The third kappa shape index (κ3) is 2.39. The minimum atomic E-state index is -1.84. The van der Waals surface area contributed by atoms with Crippen LogP contribution in [0.3, 0.4) is 0 Å². The molecule has 1 amide bonds. The number of amides is 1. The van der Waals surface area contributed by atoms with Gasteiger partial charge in [-0.05, 0) is 18.1 Å². The number of carbonyl (C=O) groups is 1. The van der Waals surface area contributed by atoms with Crippen LogP contribution >= 0.6 is 0 Å². The summed E-state index contributed by atoms with van der Waals surface area (Å²) in [5.41, 5.74) is 0. The van der Waals surface area contributed by atoms with Crippen LogP contribution < -0.4 is 0 Å². The molecule has 2 atom stereocenters. The maximum Gasteiger partial charge on any atom is 0.249 e. The molecule has 1 saturated heterocycles. The van der Waals surface area contributed by atoms with Gasteiger partial charge in [0.1, 0.15) is 6.04 Å². The maximum absolute atomic E-state index is 11.9. The van der Waals surface area contributed by atoms with Gasteiger partial charge in [-0.3, -0.25) is 9.63 Å². The van der Waals surface area contributed by atoms with E-state index in [9.17, 15) is 4.79 Å². The number of hydrogen-bond donors (Lipinski definition) is 0. The standard InChI is InChI=1S/C13H23NO3Si/c1-13(2,3)18(4,5)17-11-9-12(15)14-10(11)7-6-8-16-14/h6-7,10-11H,8-9H2,1-5H3/t10-,11+/m1/s1. The normalized spacial score (nSPS) is 28.7. The predicted molar refractivity (Wildman–Crippen MR) is 72.4 cm³/mol. The molecule has 4 nitrogen and oxygen atoms in total. The number of nitrogens with zero attached hydrogens (tertiary/aromatic N) is 1. The molecule has 2 heterocycles. The molecule has 0 spiro atoms. The summed E-state index contributed by atoms with van der Waals surface area (Å²) in [6.45, 7) is 11.5. The second-order valence-corrected chi connectivity index (χ2v) is 11.3. The molecule has 0 unspecified atom stereocenters. The van der Waals surface area contributed by atoms with Crippen molar-refractivity contribution in [3.05, 3.63) is 12.2 Å². The van der Waals surface area contributed by atoms with E-state index in [4.69, 9.17) is 9.26 Å². The zero-order valence-electron chi connectivity index (χ0n) is 11.9. The van der Waals surface area contributed by atoms with Crippen LogP contribution in [0, 0.1) is 0 Å². The van der Waals surface area contributed by atoms with Crippen LogP contribution in [0.4, 0.5) is 0 Å². The summed E-state index contributed by atoms with van der Waals surface area (Å²) >= 11 is 0. The summed E-state index contributed by atoms with van der Waals surface area (Å²) in [4.78, 5) is 17.2. The molecule has 0 saturated carbocycles. The van der Waals surface area contributed by atoms with Crippen molar-refractivity contribution in [2.45, 2.75) is 57.5 Å². The van der Waals surface area contributed by atoms with E-state index in [0.29, 0.717) is 13.0 Å². The monoisotopic (exact) mass is 269 g/mol. The van der Waals surface area contributed by atoms with Gasteiger partial charge in [-0.2, -0.15) is 0 Å². The number of hydroxylamine groups is 2. The molecular formula is C13H23NO3Si. The highest BCUT2D eigenvalue weighted by Gasteiger charge is 2.47. The molecule has 0 radical (unpaired) electrons. The highest BCUT2D eigenvalue weighted by molar-refractivity contribution is 6.74. The van der Waals surface area contributed by atoms with E-state index in [-0.39, 0.29) is 23.1 Å².